The Labute approximate surface area is 142 Å². The summed E-state index contributed by atoms with van der Waals surface area (Å²) in [4.78, 5) is 10.2. The van der Waals surface area contributed by atoms with Crippen molar-refractivity contribution in [2.45, 2.75) is 27.2 Å². The van der Waals surface area contributed by atoms with Crippen LogP contribution in [-0.4, -0.2) is 44.3 Å². The molecule has 1 rings (SSSR count). The summed E-state index contributed by atoms with van der Waals surface area (Å²) in [5.74, 6) is 0.838. The zero-order valence-corrected chi connectivity index (χ0v) is 15.8. The molecule has 5 nitrogen and oxygen atoms in total. The molecule has 1 aromatic heterocycles. The molecule has 0 aromatic carbocycles. The highest BCUT2D eigenvalue weighted by molar-refractivity contribution is 14.0. The number of aromatic nitrogens is 1. The topological polar surface area (TPSA) is 58.5 Å². The van der Waals surface area contributed by atoms with Gasteiger partial charge < -0.3 is 15.4 Å². The maximum Gasteiger partial charge on any atom is 0.191 e. The highest BCUT2D eigenvalue weighted by atomic mass is 127. The first kappa shape index (κ1) is 19.6. The van der Waals surface area contributed by atoms with Crippen molar-refractivity contribution in [3.05, 3.63) is 15.6 Å². The van der Waals surface area contributed by atoms with E-state index >= 15 is 0 Å². The summed E-state index contributed by atoms with van der Waals surface area (Å²) in [5, 5.41) is 7.69. The Morgan fingerprint density at radius 1 is 1.35 bits per heavy atom. The number of nitrogens with one attached hydrogen (secondary N) is 2. The summed E-state index contributed by atoms with van der Waals surface area (Å²) in [6.45, 7) is 9.22. The number of hydrogen-bond donors (Lipinski definition) is 2. The van der Waals surface area contributed by atoms with Crippen molar-refractivity contribution in [3.63, 3.8) is 0 Å². The lowest BCUT2D eigenvalue weighted by atomic mass is 10.4. The van der Waals surface area contributed by atoms with Crippen LogP contribution in [0.2, 0.25) is 0 Å². The van der Waals surface area contributed by atoms with Crippen molar-refractivity contribution < 1.29 is 4.74 Å². The van der Waals surface area contributed by atoms with Crippen LogP contribution in [0.1, 0.15) is 22.5 Å². The predicted octanol–water partition coefficient (Wildman–Crippen LogP) is 2.12. The summed E-state index contributed by atoms with van der Waals surface area (Å²) in [6, 6.07) is 0. The van der Waals surface area contributed by atoms with Crippen LogP contribution in [0.4, 0.5) is 0 Å². The Hall–Kier alpha value is -0.410. The molecule has 116 valence electrons. The third kappa shape index (κ3) is 7.39. The molecule has 0 saturated carbocycles. The molecule has 0 fully saturated rings. The molecule has 0 atom stereocenters. The smallest absolute Gasteiger partial charge is 0.191 e. The van der Waals surface area contributed by atoms with Gasteiger partial charge in [-0.15, -0.1) is 35.3 Å². The molecule has 0 unspecified atom stereocenters. The van der Waals surface area contributed by atoms with Gasteiger partial charge in [0, 0.05) is 31.5 Å². The van der Waals surface area contributed by atoms with E-state index in [1.165, 1.54) is 9.88 Å². The van der Waals surface area contributed by atoms with Crippen LogP contribution < -0.4 is 10.6 Å². The monoisotopic (exact) mass is 412 g/mol. The predicted molar refractivity (Wildman–Crippen MR) is 96.6 cm³/mol. The van der Waals surface area contributed by atoms with Crippen molar-refractivity contribution in [2.75, 3.05) is 33.4 Å². The second-order valence-corrected chi connectivity index (χ2v) is 5.47. The van der Waals surface area contributed by atoms with E-state index < -0.39 is 0 Å². The van der Waals surface area contributed by atoms with Crippen LogP contribution in [0.5, 0.6) is 0 Å². The number of ether oxygens (including phenoxy) is 1. The lowest BCUT2D eigenvalue weighted by molar-refractivity contribution is 0.208. The molecule has 1 heterocycles. The van der Waals surface area contributed by atoms with Crippen molar-refractivity contribution in [1.29, 1.82) is 0 Å². The van der Waals surface area contributed by atoms with Crippen molar-refractivity contribution >= 4 is 41.3 Å². The minimum absolute atomic E-state index is 0. The standard InChI is InChI=1S/C13H24N4OS.HI/c1-5-14-13(16-8-9-18-4)15-7-6-12-17-10(2)11(3)19-12;/h5-9H2,1-4H3,(H2,14,15,16);1H. The van der Waals surface area contributed by atoms with Gasteiger partial charge in [0.05, 0.1) is 23.9 Å². The van der Waals surface area contributed by atoms with Crippen molar-refractivity contribution in [3.8, 4) is 0 Å². The molecular formula is C13H25IN4OS. The fourth-order valence-corrected chi connectivity index (χ4v) is 2.46. The number of aliphatic imine (C=N–C) groups is 1. The highest BCUT2D eigenvalue weighted by Gasteiger charge is 2.03. The number of aryl methyl sites for hydroxylation is 2. The van der Waals surface area contributed by atoms with Crippen LogP contribution in [0.3, 0.4) is 0 Å². The van der Waals surface area contributed by atoms with E-state index in [0.717, 1.165) is 31.2 Å². The number of hydrogen-bond acceptors (Lipinski definition) is 4. The summed E-state index contributed by atoms with van der Waals surface area (Å²) in [6.07, 6.45) is 0.925. The molecule has 0 aliphatic heterocycles. The molecule has 0 spiro atoms. The molecular weight excluding hydrogens is 387 g/mol. The normalized spacial score (nSPS) is 11.1. The number of rotatable bonds is 7. The van der Waals surface area contributed by atoms with E-state index in [1.54, 1.807) is 18.4 Å². The minimum Gasteiger partial charge on any atom is -0.383 e. The van der Waals surface area contributed by atoms with Crippen LogP contribution >= 0.6 is 35.3 Å². The van der Waals surface area contributed by atoms with Gasteiger partial charge in [0.15, 0.2) is 5.96 Å². The molecule has 0 aliphatic rings. The maximum absolute atomic E-state index is 4.99. The van der Waals surface area contributed by atoms with E-state index in [9.17, 15) is 0 Å². The van der Waals surface area contributed by atoms with Crippen LogP contribution in [0.25, 0.3) is 0 Å². The molecule has 0 saturated heterocycles. The van der Waals surface area contributed by atoms with E-state index in [1.807, 2.05) is 0 Å². The van der Waals surface area contributed by atoms with Crippen molar-refractivity contribution in [2.24, 2.45) is 4.99 Å². The minimum atomic E-state index is 0. The summed E-state index contributed by atoms with van der Waals surface area (Å²) in [7, 11) is 1.68. The van der Waals surface area contributed by atoms with Gasteiger partial charge in [-0.2, -0.15) is 0 Å². The maximum atomic E-state index is 4.99. The van der Waals surface area contributed by atoms with Gasteiger partial charge in [-0.25, -0.2) is 4.98 Å². The first-order valence-electron chi connectivity index (χ1n) is 6.61. The summed E-state index contributed by atoms with van der Waals surface area (Å²) >= 11 is 1.77. The lowest BCUT2D eigenvalue weighted by Gasteiger charge is -2.10. The van der Waals surface area contributed by atoms with E-state index in [4.69, 9.17) is 4.74 Å². The summed E-state index contributed by atoms with van der Waals surface area (Å²) in [5.41, 5.74) is 1.14. The third-order valence-electron chi connectivity index (χ3n) is 2.61. The molecule has 0 radical (unpaired) electrons. The lowest BCUT2D eigenvalue weighted by Crippen LogP contribution is -2.38. The fraction of sp³-hybridized carbons (Fsp3) is 0.692. The average Bonchev–Trinajstić information content (AvgIpc) is 2.69. The Morgan fingerprint density at radius 3 is 2.65 bits per heavy atom. The molecule has 0 amide bonds. The first-order valence-corrected chi connectivity index (χ1v) is 7.43. The number of guanidine groups is 1. The molecule has 20 heavy (non-hydrogen) atoms. The number of nitrogens with zero attached hydrogens (tertiary/aromatic N) is 2. The highest BCUT2D eigenvalue weighted by Crippen LogP contribution is 2.16. The Kier molecular flexibility index (Phi) is 11.0. The van der Waals surface area contributed by atoms with Crippen LogP contribution in [-0.2, 0) is 11.2 Å². The molecule has 0 aliphatic carbocycles. The van der Waals surface area contributed by atoms with Gasteiger partial charge in [-0.3, -0.25) is 4.99 Å². The zero-order chi connectivity index (χ0) is 14.1. The quantitative estimate of drug-likeness (QED) is 0.312. The van der Waals surface area contributed by atoms with E-state index in [2.05, 4.69) is 41.4 Å². The third-order valence-corrected chi connectivity index (χ3v) is 3.75. The Morgan fingerprint density at radius 2 is 2.10 bits per heavy atom. The molecule has 1 aromatic rings. The summed E-state index contributed by atoms with van der Waals surface area (Å²) < 4.78 is 4.99. The number of halogens is 1. The largest absolute Gasteiger partial charge is 0.383 e. The first-order chi connectivity index (χ1) is 9.17. The van der Waals surface area contributed by atoms with Gasteiger partial charge in [-0.05, 0) is 20.8 Å². The van der Waals surface area contributed by atoms with Gasteiger partial charge in [0.2, 0.25) is 0 Å². The zero-order valence-electron chi connectivity index (χ0n) is 12.7. The van der Waals surface area contributed by atoms with E-state index in [0.29, 0.717) is 13.2 Å². The second-order valence-electron chi connectivity index (χ2n) is 4.18. The Balaban J connectivity index is 0.00000361. The molecule has 0 bridgehead atoms. The number of methoxy groups -OCH3 is 1. The van der Waals surface area contributed by atoms with Gasteiger partial charge in [0.25, 0.3) is 0 Å². The average molecular weight is 412 g/mol. The van der Waals surface area contributed by atoms with Gasteiger partial charge in [0.1, 0.15) is 0 Å². The number of thiazole rings is 1. The van der Waals surface area contributed by atoms with Crippen molar-refractivity contribution in [1.82, 2.24) is 15.6 Å². The van der Waals surface area contributed by atoms with Crippen LogP contribution in [0.15, 0.2) is 4.99 Å². The van der Waals surface area contributed by atoms with Gasteiger partial charge >= 0.3 is 0 Å². The SMILES string of the molecule is CCNC(=NCCOC)NCCc1nc(C)c(C)s1.I. The molecule has 7 heteroatoms. The fourth-order valence-electron chi connectivity index (χ4n) is 1.52. The Bertz CT molecular complexity index is 390. The second kappa shape index (κ2) is 11.3. The van der Waals surface area contributed by atoms with Crippen LogP contribution in [0, 0.1) is 13.8 Å². The molecule has 2 N–H and O–H groups in total. The van der Waals surface area contributed by atoms with Gasteiger partial charge in [-0.1, -0.05) is 0 Å². The van der Waals surface area contributed by atoms with E-state index in [-0.39, 0.29) is 24.0 Å².